The molecular formula is C14H20N2O2. The van der Waals surface area contributed by atoms with Gasteiger partial charge in [-0.1, -0.05) is 19.1 Å². The summed E-state index contributed by atoms with van der Waals surface area (Å²) < 4.78 is 0. The first-order valence-electron chi connectivity index (χ1n) is 6.05. The Balaban J connectivity index is 2.65. The van der Waals surface area contributed by atoms with Crippen LogP contribution in [0.15, 0.2) is 18.2 Å². The number of carbonyl (C=O) groups is 2. The third kappa shape index (κ3) is 3.58. The van der Waals surface area contributed by atoms with Gasteiger partial charge in [-0.15, -0.1) is 0 Å². The van der Waals surface area contributed by atoms with Crippen molar-refractivity contribution in [2.24, 2.45) is 0 Å². The molecule has 0 bridgehead atoms. The van der Waals surface area contributed by atoms with E-state index < -0.39 is 0 Å². The Morgan fingerprint density at radius 1 is 1.28 bits per heavy atom. The highest BCUT2D eigenvalue weighted by atomic mass is 16.2. The molecule has 4 heteroatoms. The molecule has 2 amide bonds. The van der Waals surface area contributed by atoms with E-state index in [1.807, 2.05) is 32.0 Å². The van der Waals surface area contributed by atoms with Crippen molar-refractivity contribution in [2.75, 3.05) is 18.9 Å². The lowest BCUT2D eigenvalue weighted by molar-refractivity contribution is -0.133. The zero-order chi connectivity index (χ0) is 13.7. The molecule has 0 aromatic heterocycles. The number of rotatable bonds is 4. The Kier molecular flexibility index (Phi) is 4.89. The van der Waals surface area contributed by atoms with E-state index >= 15 is 0 Å². The van der Waals surface area contributed by atoms with Crippen molar-refractivity contribution in [3.63, 3.8) is 0 Å². The van der Waals surface area contributed by atoms with E-state index in [4.69, 9.17) is 0 Å². The van der Waals surface area contributed by atoms with Crippen LogP contribution in [0.4, 0.5) is 5.69 Å². The van der Waals surface area contributed by atoms with Gasteiger partial charge in [0.15, 0.2) is 0 Å². The van der Waals surface area contributed by atoms with Crippen molar-refractivity contribution in [1.29, 1.82) is 0 Å². The second-order valence-corrected chi connectivity index (χ2v) is 4.40. The molecule has 1 rings (SSSR count). The van der Waals surface area contributed by atoms with Crippen molar-refractivity contribution < 1.29 is 9.59 Å². The molecule has 0 heterocycles. The molecule has 0 saturated carbocycles. The van der Waals surface area contributed by atoms with Crippen LogP contribution in [0.25, 0.3) is 0 Å². The first kappa shape index (κ1) is 14.2. The number of nitrogens with zero attached hydrogens (tertiary/aromatic N) is 1. The minimum atomic E-state index is -0.173. The molecule has 0 fully saturated rings. The number of likely N-dealkylation sites (N-methyl/N-ethyl adjacent to an activating group) is 1. The van der Waals surface area contributed by atoms with E-state index in [-0.39, 0.29) is 18.4 Å². The monoisotopic (exact) mass is 248 g/mol. The average Bonchev–Trinajstić information content (AvgIpc) is 2.33. The van der Waals surface area contributed by atoms with E-state index in [1.54, 1.807) is 14.0 Å². The van der Waals surface area contributed by atoms with Gasteiger partial charge in [-0.2, -0.15) is 0 Å². The molecule has 0 unspecified atom stereocenters. The standard InChI is InChI=1S/C14H20N2O2/c1-5-14(18)16(4)9-13(17)15-12-8-6-7-10(2)11(12)3/h6-8H,5,9H2,1-4H3,(H,15,17). The summed E-state index contributed by atoms with van der Waals surface area (Å²) in [5.41, 5.74) is 2.98. The van der Waals surface area contributed by atoms with Gasteiger partial charge in [0.1, 0.15) is 0 Å². The molecule has 0 atom stereocenters. The quantitative estimate of drug-likeness (QED) is 0.887. The first-order valence-corrected chi connectivity index (χ1v) is 6.05. The van der Waals surface area contributed by atoms with Crippen molar-refractivity contribution >= 4 is 17.5 Å². The maximum absolute atomic E-state index is 11.8. The van der Waals surface area contributed by atoms with E-state index in [9.17, 15) is 9.59 Å². The van der Waals surface area contributed by atoms with Gasteiger partial charge in [-0.05, 0) is 31.0 Å². The minimum Gasteiger partial charge on any atom is -0.336 e. The maximum atomic E-state index is 11.8. The lowest BCUT2D eigenvalue weighted by Gasteiger charge is -2.16. The van der Waals surface area contributed by atoms with Gasteiger partial charge in [-0.25, -0.2) is 0 Å². The van der Waals surface area contributed by atoms with Crippen LogP contribution in [0.5, 0.6) is 0 Å². The Morgan fingerprint density at radius 3 is 2.56 bits per heavy atom. The fraction of sp³-hybridized carbons (Fsp3) is 0.429. The Hall–Kier alpha value is -1.84. The molecule has 0 saturated heterocycles. The number of nitrogens with one attached hydrogen (secondary N) is 1. The number of hydrogen-bond donors (Lipinski definition) is 1. The molecule has 0 radical (unpaired) electrons. The van der Waals surface area contributed by atoms with Crippen LogP contribution >= 0.6 is 0 Å². The van der Waals surface area contributed by atoms with Crippen molar-refractivity contribution in [2.45, 2.75) is 27.2 Å². The summed E-state index contributed by atoms with van der Waals surface area (Å²) in [5.74, 6) is -0.209. The number of anilines is 1. The SMILES string of the molecule is CCC(=O)N(C)CC(=O)Nc1cccc(C)c1C. The van der Waals surface area contributed by atoms with Crippen LogP contribution < -0.4 is 5.32 Å². The lowest BCUT2D eigenvalue weighted by Crippen LogP contribution is -2.34. The van der Waals surface area contributed by atoms with Gasteiger partial charge in [0.05, 0.1) is 6.54 Å². The molecule has 1 aromatic rings. The van der Waals surface area contributed by atoms with Crippen molar-refractivity contribution in [3.05, 3.63) is 29.3 Å². The van der Waals surface area contributed by atoms with Crippen molar-refractivity contribution in [3.8, 4) is 0 Å². The minimum absolute atomic E-state index is 0.0360. The van der Waals surface area contributed by atoms with E-state index in [0.717, 1.165) is 16.8 Å². The third-order valence-corrected chi connectivity index (χ3v) is 2.99. The van der Waals surface area contributed by atoms with E-state index in [1.165, 1.54) is 4.90 Å². The average molecular weight is 248 g/mol. The van der Waals surface area contributed by atoms with Gasteiger partial charge < -0.3 is 10.2 Å². The second kappa shape index (κ2) is 6.19. The smallest absolute Gasteiger partial charge is 0.243 e. The molecule has 1 N–H and O–H groups in total. The van der Waals surface area contributed by atoms with Crippen LogP contribution in [0.3, 0.4) is 0 Å². The molecule has 98 valence electrons. The van der Waals surface area contributed by atoms with Gasteiger partial charge in [0.25, 0.3) is 0 Å². The summed E-state index contributed by atoms with van der Waals surface area (Å²) in [4.78, 5) is 24.6. The van der Waals surface area contributed by atoms with Crippen LogP contribution in [0.1, 0.15) is 24.5 Å². The molecule has 18 heavy (non-hydrogen) atoms. The predicted octanol–water partition coefficient (Wildman–Crippen LogP) is 2.11. The zero-order valence-corrected chi connectivity index (χ0v) is 11.4. The predicted molar refractivity (Wildman–Crippen MR) is 72.5 cm³/mol. The molecule has 0 aliphatic heterocycles. The number of hydrogen-bond acceptors (Lipinski definition) is 2. The molecule has 0 aliphatic carbocycles. The van der Waals surface area contributed by atoms with E-state index in [2.05, 4.69) is 5.32 Å². The molecule has 0 spiro atoms. The fourth-order valence-electron chi connectivity index (χ4n) is 1.65. The number of aryl methyl sites for hydroxylation is 1. The highest BCUT2D eigenvalue weighted by molar-refractivity contribution is 5.95. The van der Waals surface area contributed by atoms with Gasteiger partial charge in [0, 0.05) is 19.2 Å². The maximum Gasteiger partial charge on any atom is 0.243 e. The number of carbonyl (C=O) groups excluding carboxylic acids is 2. The zero-order valence-electron chi connectivity index (χ0n) is 11.4. The molecule has 1 aromatic carbocycles. The van der Waals surface area contributed by atoms with Crippen LogP contribution in [0.2, 0.25) is 0 Å². The normalized spacial score (nSPS) is 10.0. The molecule has 0 aliphatic rings. The van der Waals surface area contributed by atoms with Crippen LogP contribution in [0, 0.1) is 13.8 Å². The Morgan fingerprint density at radius 2 is 1.94 bits per heavy atom. The summed E-state index contributed by atoms with van der Waals surface area (Å²) in [5, 5.41) is 2.83. The summed E-state index contributed by atoms with van der Waals surface area (Å²) in [7, 11) is 1.63. The van der Waals surface area contributed by atoms with Crippen LogP contribution in [-0.4, -0.2) is 30.3 Å². The topological polar surface area (TPSA) is 49.4 Å². The Labute approximate surface area is 108 Å². The molecule has 4 nitrogen and oxygen atoms in total. The largest absolute Gasteiger partial charge is 0.336 e. The summed E-state index contributed by atoms with van der Waals surface area (Å²) in [6.45, 7) is 5.82. The fourth-order valence-corrected chi connectivity index (χ4v) is 1.65. The van der Waals surface area contributed by atoms with Crippen molar-refractivity contribution in [1.82, 2.24) is 4.90 Å². The summed E-state index contributed by atoms with van der Waals surface area (Å²) in [6, 6.07) is 5.76. The highest BCUT2D eigenvalue weighted by Gasteiger charge is 2.12. The first-order chi connectivity index (χ1) is 8.45. The third-order valence-electron chi connectivity index (χ3n) is 2.99. The summed E-state index contributed by atoms with van der Waals surface area (Å²) in [6.07, 6.45) is 0.410. The number of amides is 2. The summed E-state index contributed by atoms with van der Waals surface area (Å²) >= 11 is 0. The lowest BCUT2D eigenvalue weighted by atomic mass is 10.1. The van der Waals surface area contributed by atoms with E-state index in [0.29, 0.717) is 6.42 Å². The van der Waals surface area contributed by atoms with Crippen LogP contribution in [-0.2, 0) is 9.59 Å². The van der Waals surface area contributed by atoms with Gasteiger partial charge >= 0.3 is 0 Å². The van der Waals surface area contributed by atoms with Gasteiger partial charge in [-0.3, -0.25) is 9.59 Å². The number of benzene rings is 1. The van der Waals surface area contributed by atoms with Gasteiger partial charge in [0.2, 0.25) is 11.8 Å². The second-order valence-electron chi connectivity index (χ2n) is 4.40. The Bertz CT molecular complexity index is 455. The highest BCUT2D eigenvalue weighted by Crippen LogP contribution is 2.17. The molecular weight excluding hydrogens is 228 g/mol.